The Morgan fingerprint density at radius 2 is 1.84 bits per heavy atom. The zero-order chi connectivity index (χ0) is 22.6. The van der Waals surface area contributed by atoms with Crippen LogP contribution in [0.4, 0.5) is 5.69 Å². The van der Waals surface area contributed by atoms with Crippen LogP contribution in [0.2, 0.25) is 0 Å². The van der Waals surface area contributed by atoms with Gasteiger partial charge >= 0.3 is 0 Å². The number of carbonyl (C=O) groups is 1. The number of methoxy groups -OCH3 is 1. The van der Waals surface area contributed by atoms with Gasteiger partial charge in [-0.05, 0) is 61.4 Å². The van der Waals surface area contributed by atoms with E-state index in [2.05, 4.69) is 10.3 Å². The number of sulfone groups is 1. The van der Waals surface area contributed by atoms with Gasteiger partial charge in [0.05, 0.1) is 23.3 Å². The van der Waals surface area contributed by atoms with E-state index in [1.165, 1.54) is 25.4 Å². The predicted molar refractivity (Wildman–Crippen MR) is 115 cm³/mol. The van der Waals surface area contributed by atoms with Crippen LogP contribution in [0.3, 0.4) is 0 Å². The molecule has 0 fully saturated rings. The van der Waals surface area contributed by atoms with Gasteiger partial charge in [0.25, 0.3) is 5.91 Å². The van der Waals surface area contributed by atoms with Gasteiger partial charge in [0.1, 0.15) is 5.75 Å². The molecule has 0 saturated carbocycles. The second-order valence-corrected chi connectivity index (χ2v) is 8.81. The first-order valence-corrected chi connectivity index (χ1v) is 10.9. The lowest BCUT2D eigenvalue weighted by Gasteiger charge is -2.16. The molecule has 8 nitrogen and oxygen atoms in total. The molecule has 0 atom stereocenters. The van der Waals surface area contributed by atoms with Crippen molar-refractivity contribution in [1.82, 2.24) is 10.5 Å². The highest BCUT2D eigenvalue weighted by Crippen LogP contribution is 2.27. The number of amides is 1. The Labute approximate surface area is 180 Å². The van der Waals surface area contributed by atoms with Gasteiger partial charge in [0.15, 0.2) is 5.03 Å². The summed E-state index contributed by atoms with van der Waals surface area (Å²) in [4.78, 5) is 16.3. The molecule has 0 bridgehead atoms. The molecule has 162 valence electrons. The summed E-state index contributed by atoms with van der Waals surface area (Å²) in [5.41, 5.74) is 4.46. The van der Waals surface area contributed by atoms with Gasteiger partial charge < -0.3 is 10.1 Å². The molecule has 0 aliphatic rings. The molecule has 0 saturated heterocycles. The van der Waals surface area contributed by atoms with Crippen LogP contribution in [-0.2, 0) is 16.4 Å². The summed E-state index contributed by atoms with van der Waals surface area (Å²) in [6.07, 6.45) is 1.42. The number of rotatable bonds is 7. The number of aryl methyl sites for hydroxylation is 2. The average molecular weight is 442 g/mol. The molecule has 0 aliphatic heterocycles. The highest BCUT2D eigenvalue weighted by molar-refractivity contribution is 7.91. The molecule has 3 rings (SSSR count). The first-order valence-electron chi connectivity index (χ1n) is 9.40. The first-order chi connectivity index (χ1) is 14.8. The van der Waals surface area contributed by atoms with Gasteiger partial charge in [0, 0.05) is 18.3 Å². The van der Waals surface area contributed by atoms with E-state index in [0.717, 1.165) is 11.1 Å². The summed E-state index contributed by atoms with van der Waals surface area (Å²) >= 11 is 0. The number of nitrogens with one attached hydrogen (secondary N) is 2. The van der Waals surface area contributed by atoms with Gasteiger partial charge in [-0.15, -0.1) is 0 Å². The minimum Gasteiger partial charge on any atom is -0.497 e. The Kier molecular flexibility index (Phi) is 6.57. The molecule has 3 aromatic rings. The second-order valence-electron chi connectivity index (χ2n) is 6.95. The van der Waals surface area contributed by atoms with E-state index in [9.17, 15) is 13.2 Å². The Balaban J connectivity index is 1.96. The maximum absolute atomic E-state index is 13.2. The van der Waals surface area contributed by atoms with Crippen molar-refractivity contribution in [3.05, 3.63) is 77.0 Å². The van der Waals surface area contributed by atoms with Crippen LogP contribution in [0.5, 0.6) is 5.75 Å². The number of hydroxylamine groups is 1. The third kappa shape index (κ3) is 4.68. The lowest BCUT2D eigenvalue weighted by Crippen LogP contribution is -2.21. The monoisotopic (exact) mass is 441 g/mol. The topological polar surface area (TPSA) is 118 Å². The van der Waals surface area contributed by atoms with Crippen molar-refractivity contribution in [3.8, 4) is 5.75 Å². The van der Waals surface area contributed by atoms with Crippen molar-refractivity contribution >= 4 is 21.4 Å². The minimum absolute atomic E-state index is 0.0782. The van der Waals surface area contributed by atoms with E-state index in [1.807, 2.05) is 19.9 Å². The van der Waals surface area contributed by atoms with Gasteiger partial charge in [-0.3, -0.25) is 10.0 Å². The van der Waals surface area contributed by atoms with Crippen molar-refractivity contribution < 1.29 is 23.2 Å². The molecule has 0 spiro atoms. The number of hydrogen-bond donors (Lipinski definition) is 3. The average Bonchev–Trinajstić information content (AvgIpc) is 2.77. The lowest BCUT2D eigenvalue weighted by molar-refractivity contribution is 0.0707. The number of ether oxygens (including phenoxy) is 1. The molecule has 31 heavy (non-hydrogen) atoms. The predicted octanol–water partition coefficient (Wildman–Crippen LogP) is 3.27. The molecular weight excluding hydrogens is 418 g/mol. The van der Waals surface area contributed by atoms with Crippen LogP contribution < -0.4 is 15.5 Å². The summed E-state index contributed by atoms with van der Waals surface area (Å²) in [6.45, 7) is 3.77. The van der Waals surface area contributed by atoms with E-state index in [0.29, 0.717) is 17.0 Å². The molecule has 0 aliphatic carbocycles. The largest absolute Gasteiger partial charge is 0.497 e. The van der Waals surface area contributed by atoms with E-state index in [4.69, 9.17) is 9.94 Å². The fraction of sp³-hybridized carbons (Fsp3) is 0.182. The number of hydrogen-bond acceptors (Lipinski definition) is 7. The van der Waals surface area contributed by atoms with Crippen molar-refractivity contribution in [2.75, 3.05) is 12.4 Å². The van der Waals surface area contributed by atoms with E-state index < -0.39 is 15.7 Å². The van der Waals surface area contributed by atoms with Crippen LogP contribution in [0.25, 0.3) is 0 Å². The van der Waals surface area contributed by atoms with Crippen LogP contribution in [0, 0.1) is 13.8 Å². The highest BCUT2D eigenvalue weighted by Gasteiger charge is 2.23. The summed E-state index contributed by atoms with van der Waals surface area (Å²) < 4.78 is 31.4. The standard InChI is InChI=1S/C22H23N3O5S/c1-14-11-15(2)20(19(12-14)21(26)25-27)24-13-16-5-4-10-23-22(16)31(28,29)18-8-6-17(30-3)7-9-18/h4-12,24,27H,13H2,1-3H3,(H,25,26). The number of nitrogens with zero attached hydrogens (tertiary/aromatic N) is 1. The third-order valence-electron chi connectivity index (χ3n) is 4.76. The molecule has 2 aromatic carbocycles. The molecular formula is C22H23N3O5S. The number of pyridine rings is 1. The Bertz CT molecular complexity index is 1210. The summed E-state index contributed by atoms with van der Waals surface area (Å²) in [5.74, 6) is -0.113. The van der Waals surface area contributed by atoms with E-state index in [-0.39, 0.29) is 22.0 Å². The maximum Gasteiger partial charge on any atom is 0.276 e. The van der Waals surface area contributed by atoms with E-state index in [1.54, 1.807) is 35.8 Å². The molecule has 1 aromatic heterocycles. The smallest absolute Gasteiger partial charge is 0.276 e. The number of aromatic nitrogens is 1. The molecule has 9 heteroatoms. The fourth-order valence-electron chi connectivity index (χ4n) is 3.29. The van der Waals surface area contributed by atoms with Gasteiger partial charge in [0.2, 0.25) is 9.84 Å². The van der Waals surface area contributed by atoms with Crippen LogP contribution in [0.1, 0.15) is 27.0 Å². The maximum atomic E-state index is 13.2. The molecule has 0 unspecified atom stereocenters. The molecule has 1 heterocycles. The van der Waals surface area contributed by atoms with Crippen molar-refractivity contribution in [2.24, 2.45) is 0 Å². The fourth-order valence-corrected chi connectivity index (χ4v) is 4.69. The zero-order valence-electron chi connectivity index (χ0n) is 17.3. The molecule has 0 radical (unpaired) electrons. The first kappa shape index (κ1) is 22.3. The van der Waals surface area contributed by atoms with Crippen LogP contribution in [-0.4, -0.2) is 31.6 Å². The zero-order valence-corrected chi connectivity index (χ0v) is 18.2. The summed E-state index contributed by atoms with van der Waals surface area (Å²) in [6, 6.07) is 12.9. The van der Waals surface area contributed by atoms with Gasteiger partial charge in [-0.1, -0.05) is 12.1 Å². The lowest BCUT2D eigenvalue weighted by atomic mass is 10.0. The number of anilines is 1. The van der Waals surface area contributed by atoms with Crippen molar-refractivity contribution in [3.63, 3.8) is 0 Å². The van der Waals surface area contributed by atoms with Gasteiger partial charge in [-0.2, -0.15) is 0 Å². The minimum atomic E-state index is -3.87. The Morgan fingerprint density at radius 1 is 1.13 bits per heavy atom. The van der Waals surface area contributed by atoms with Crippen LogP contribution in [0.15, 0.2) is 64.6 Å². The Hall–Kier alpha value is -3.43. The molecule has 3 N–H and O–H groups in total. The van der Waals surface area contributed by atoms with Crippen LogP contribution >= 0.6 is 0 Å². The quantitative estimate of drug-likeness (QED) is 0.380. The summed E-state index contributed by atoms with van der Waals surface area (Å²) in [5, 5.41) is 12.1. The molecule has 1 amide bonds. The van der Waals surface area contributed by atoms with Crippen molar-refractivity contribution in [1.29, 1.82) is 0 Å². The van der Waals surface area contributed by atoms with Gasteiger partial charge in [-0.25, -0.2) is 18.9 Å². The SMILES string of the molecule is COc1ccc(S(=O)(=O)c2ncccc2CNc2c(C)cc(C)cc2C(=O)NO)cc1. The second kappa shape index (κ2) is 9.15. The normalized spacial score (nSPS) is 11.1. The number of carbonyl (C=O) groups excluding carboxylic acids is 1. The summed E-state index contributed by atoms with van der Waals surface area (Å²) in [7, 11) is -2.37. The Morgan fingerprint density at radius 3 is 2.48 bits per heavy atom. The third-order valence-corrected chi connectivity index (χ3v) is 6.53. The highest BCUT2D eigenvalue weighted by atomic mass is 32.2. The van der Waals surface area contributed by atoms with Crippen molar-refractivity contribution in [2.45, 2.75) is 30.3 Å². The number of benzene rings is 2. The van der Waals surface area contributed by atoms with E-state index >= 15 is 0 Å².